The lowest BCUT2D eigenvalue weighted by Crippen LogP contribution is -2.39. The molecule has 9 nitrogen and oxygen atoms in total. The highest BCUT2D eigenvalue weighted by molar-refractivity contribution is 14.1. The number of rotatable bonds is 6. The summed E-state index contributed by atoms with van der Waals surface area (Å²) in [6, 6.07) is 8.04. The van der Waals surface area contributed by atoms with Crippen molar-refractivity contribution in [1.82, 2.24) is 4.57 Å². The third-order valence-electron chi connectivity index (χ3n) is 5.88. The van der Waals surface area contributed by atoms with Gasteiger partial charge in [0.2, 0.25) is 6.79 Å². The van der Waals surface area contributed by atoms with Gasteiger partial charge in [0, 0.05) is 0 Å². The lowest BCUT2D eigenvalue weighted by atomic mass is 9.95. The van der Waals surface area contributed by atoms with Crippen molar-refractivity contribution in [2.45, 2.75) is 26.8 Å². The molecule has 0 aliphatic carbocycles. The zero-order chi connectivity index (χ0) is 26.3. The van der Waals surface area contributed by atoms with Crippen LogP contribution in [0.2, 0.25) is 0 Å². The van der Waals surface area contributed by atoms with Crippen LogP contribution >= 0.6 is 33.9 Å². The van der Waals surface area contributed by atoms with Crippen LogP contribution in [-0.4, -0.2) is 35.6 Å². The second-order valence-electron chi connectivity index (χ2n) is 8.20. The van der Waals surface area contributed by atoms with Crippen LogP contribution in [0.4, 0.5) is 0 Å². The normalized spacial score (nSPS) is 16.4. The molecule has 0 saturated carbocycles. The van der Waals surface area contributed by atoms with Gasteiger partial charge in [-0.2, -0.15) is 0 Å². The Hall–Kier alpha value is -3.32. The molecule has 0 spiro atoms. The molecule has 0 saturated heterocycles. The second-order valence-corrected chi connectivity index (χ2v) is 10.4. The van der Waals surface area contributed by atoms with E-state index < -0.39 is 12.0 Å². The molecule has 192 valence electrons. The van der Waals surface area contributed by atoms with E-state index in [0.29, 0.717) is 53.6 Å². The number of aromatic hydroxyl groups is 1. The quantitative estimate of drug-likeness (QED) is 0.328. The molecule has 1 N–H and O–H groups in total. The van der Waals surface area contributed by atoms with Crippen molar-refractivity contribution in [2.75, 3.05) is 20.0 Å². The van der Waals surface area contributed by atoms with Gasteiger partial charge in [0.1, 0.15) is 0 Å². The molecular weight excluding hydrogens is 611 g/mol. The summed E-state index contributed by atoms with van der Waals surface area (Å²) in [5, 5.41) is 10.3. The van der Waals surface area contributed by atoms with E-state index in [2.05, 4.69) is 4.99 Å². The van der Waals surface area contributed by atoms with Crippen LogP contribution in [0.5, 0.6) is 23.0 Å². The SMILES string of the molecule is CCOC(=O)C1=C(C)N=c2s/c(=C/c3cc(I)c(O)c(OCC)c3)c(=O)n2C1c1ccc2c(c1)OCO2. The number of carbonyl (C=O) groups is 1. The maximum absolute atomic E-state index is 13.8. The molecule has 3 aromatic rings. The number of esters is 1. The van der Waals surface area contributed by atoms with Gasteiger partial charge < -0.3 is 24.1 Å². The summed E-state index contributed by atoms with van der Waals surface area (Å²) >= 11 is 3.24. The van der Waals surface area contributed by atoms with E-state index in [4.69, 9.17) is 18.9 Å². The molecule has 3 heterocycles. The molecule has 1 aromatic heterocycles. The molecule has 0 bridgehead atoms. The van der Waals surface area contributed by atoms with Crippen LogP contribution in [0, 0.1) is 3.57 Å². The highest BCUT2D eigenvalue weighted by Gasteiger charge is 2.34. The summed E-state index contributed by atoms with van der Waals surface area (Å²) in [5.41, 5.74) is 1.83. The Morgan fingerprint density at radius 2 is 2.03 bits per heavy atom. The molecular formula is C26H23IN2O7S. The highest BCUT2D eigenvalue weighted by Crippen LogP contribution is 2.38. The first-order chi connectivity index (χ1) is 17.8. The molecule has 2 aromatic carbocycles. The number of thiazole rings is 1. The van der Waals surface area contributed by atoms with Gasteiger partial charge in [-0.25, -0.2) is 9.79 Å². The summed E-state index contributed by atoms with van der Waals surface area (Å²) in [4.78, 5) is 31.9. The van der Waals surface area contributed by atoms with E-state index in [-0.39, 0.29) is 30.3 Å². The number of carbonyl (C=O) groups excluding carboxylic acids is 1. The first-order valence-electron chi connectivity index (χ1n) is 11.6. The Morgan fingerprint density at radius 1 is 1.24 bits per heavy atom. The van der Waals surface area contributed by atoms with Gasteiger partial charge in [-0.1, -0.05) is 17.4 Å². The highest BCUT2D eigenvalue weighted by atomic mass is 127. The summed E-state index contributed by atoms with van der Waals surface area (Å²) in [6.07, 6.45) is 1.73. The van der Waals surface area contributed by atoms with Crippen molar-refractivity contribution in [3.63, 3.8) is 0 Å². The number of ether oxygens (including phenoxy) is 4. The minimum absolute atomic E-state index is 0.0542. The number of aromatic nitrogens is 1. The maximum atomic E-state index is 13.8. The summed E-state index contributed by atoms with van der Waals surface area (Å²) in [5.74, 6) is 1.00. The Morgan fingerprint density at radius 3 is 2.78 bits per heavy atom. The van der Waals surface area contributed by atoms with Gasteiger partial charge >= 0.3 is 5.97 Å². The molecule has 1 atom stereocenters. The van der Waals surface area contributed by atoms with E-state index >= 15 is 0 Å². The predicted molar refractivity (Wildman–Crippen MR) is 145 cm³/mol. The standard InChI is InChI=1S/C26H23IN2O7S/c1-4-33-19-9-14(8-16(27)23(19)30)10-20-24(31)29-22(15-6-7-17-18(11-15)36-12-35-17)21(25(32)34-5-2)13(3)28-26(29)37-20/h6-11,22,30H,4-5,12H2,1-3H3/b20-10+. The van der Waals surface area contributed by atoms with Crippen LogP contribution in [0.15, 0.2) is 51.4 Å². The topological polar surface area (TPSA) is 109 Å². The fraction of sp³-hybridized carbons (Fsp3) is 0.269. The van der Waals surface area contributed by atoms with Gasteiger partial charge in [-0.15, -0.1) is 0 Å². The van der Waals surface area contributed by atoms with E-state index in [1.807, 2.05) is 35.6 Å². The van der Waals surface area contributed by atoms with Crippen LogP contribution in [0.1, 0.15) is 37.9 Å². The molecule has 2 aliphatic rings. The smallest absolute Gasteiger partial charge is 0.338 e. The van der Waals surface area contributed by atoms with Crippen LogP contribution in [-0.2, 0) is 9.53 Å². The largest absolute Gasteiger partial charge is 0.504 e. The number of nitrogens with zero attached hydrogens (tertiary/aromatic N) is 2. The number of fused-ring (bicyclic) bond motifs is 2. The third-order valence-corrected chi connectivity index (χ3v) is 7.68. The van der Waals surface area contributed by atoms with E-state index in [0.717, 1.165) is 0 Å². The van der Waals surface area contributed by atoms with Gasteiger partial charge in [0.25, 0.3) is 5.56 Å². The number of halogens is 1. The molecule has 0 radical (unpaired) electrons. The third kappa shape index (κ3) is 4.61. The number of hydrogen-bond acceptors (Lipinski definition) is 9. The van der Waals surface area contributed by atoms with Gasteiger partial charge in [0.15, 0.2) is 27.8 Å². The fourth-order valence-corrected chi connectivity index (χ4v) is 5.96. The lowest BCUT2D eigenvalue weighted by molar-refractivity contribution is -0.139. The van der Waals surface area contributed by atoms with Crippen LogP contribution < -0.4 is 29.1 Å². The zero-order valence-corrected chi connectivity index (χ0v) is 23.2. The molecule has 1 unspecified atom stereocenters. The van der Waals surface area contributed by atoms with Gasteiger partial charge in [0.05, 0.1) is 38.6 Å². The number of phenols is 1. The minimum atomic E-state index is -0.758. The Balaban J connectivity index is 1.70. The molecule has 37 heavy (non-hydrogen) atoms. The lowest BCUT2D eigenvalue weighted by Gasteiger charge is -2.24. The van der Waals surface area contributed by atoms with E-state index in [1.54, 1.807) is 44.2 Å². The van der Waals surface area contributed by atoms with Crippen molar-refractivity contribution in [3.8, 4) is 23.0 Å². The van der Waals surface area contributed by atoms with E-state index in [1.165, 1.54) is 15.9 Å². The minimum Gasteiger partial charge on any atom is -0.504 e. The van der Waals surface area contributed by atoms with Crippen molar-refractivity contribution in [3.05, 3.63) is 76.0 Å². The predicted octanol–water partition coefficient (Wildman–Crippen LogP) is 3.24. The summed E-state index contributed by atoms with van der Waals surface area (Å²) in [7, 11) is 0. The Kier molecular flexibility index (Phi) is 6.99. The monoisotopic (exact) mass is 634 g/mol. The molecule has 0 amide bonds. The van der Waals surface area contributed by atoms with Crippen molar-refractivity contribution >= 4 is 46.0 Å². The number of allylic oxidation sites excluding steroid dienone is 1. The number of phenolic OH excluding ortho intramolecular Hbond substituents is 1. The van der Waals surface area contributed by atoms with Crippen molar-refractivity contribution in [2.24, 2.45) is 4.99 Å². The van der Waals surface area contributed by atoms with Crippen LogP contribution in [0.25, 0.3) is 6.08 Å². The first kappa shape index (κ1) is 25.3. The average molecular weight is 634 g/mol. The second kappa shape index (κ2) is 10.2. The fourth-order valence-electron chi connectivity index (χ4n) is 4.28. The van der Waals surface area contributed by atoms with Crippen LogP contribution in [0.3, 0.4) is 0 Å². The average Bonchev–Trinajstić information content (AvgIpc) is 3.45. The number of hydrogen-bond donors (Lipinski definition) is 1. The Labute approximate surface area is 229 Å². The molecule has 11 heteroatoms. The van der Waals surface area contributed by atoms with Crippen molar-refractivity contribution < 1.29 is 28.8 Å². The Bertz CT molecular complexity index is 1620. The molecule has 0 fully saturated rings. The zero-order valence-electron chi connectivity index (χ0n) is 20.2. The van der Waals surface area contributed by atoms with E-state index in [9.17, 15) is 14.7 Å². The maximum Gasteiger partial charge on any atom is 0.338 e. The first-order valence-corrected chi connectivity index (χ1v) is 13.5. The molecule has 5 rings (SSSR count). The van der Waals surface area contributed by atoms with Gasteiger partial charge in [-0.05, 0) is 84.8 Å². The van der Waals surface area contributed by atoms with Crippen molar-refractivity contribution in [1.29, 1.82) is 0 Å². The van der Waals surface area contributed by atoms with Gasteiger partial charge in [-0.3, -0.25) is 9.36 Å². The molecule has 2 aliphatic heterocycles. The summed E-state index contributed by atoms with van der Waals surface area (Å²) in [6.45, 7) is 5.98. The number of benzene rings is 2. The summed E-state index contributed by atoms with van der Waals surface area (Å²) < 4.78 is 24.4.